The van der Waals surface area contributed by atoms with Crippen molar-refractivity contribution in [2.45, 2.75) is 19.4 Å². The molecule has 0 fully saturated rings. The molecule has 1 rings (SSSR count). The minimum Gasteiger partial charge on any atom is -0.507 e. The van der Waals surface area contributed by atoms with Crippen LogP contribution in [0.15, 0.2) is 34.8 Å². The molecule has 0 aliphatic carbocycles. The molecular weight excluding hydrogens is 277 g/mol. The van der Waals surface area contributed by atoms with Gasteiger partial charge in [-0.2, -0.15) is 0 Å². The Hall–Kier alpha value is -0.510. The van der Waals surface area contributed by atoms with E-state index in [1.165, 1.54) is 0 Å². The highest BCUT2D eigenvalue weighted by Crippen LogP contribution is 2.28. The van der Waals surface area contributed by atoms with Gasteiger partial charge in [-0.1, -0.05) is 11.6 Å². The van der Waals surface area contributed by atoms with Gasteiger partial charge < -0.3 is 10.8 Å². The second kappa shape index (κ2) is 6.16. The van der Waals surface area contributed by atoms with Crippen molar-refractivity contribution in [2.24, 2.45) is 5.73 Å². The second-order valence-corrected chi connectivity index (χ2v) is 4.33. The number of phenols is 1. The zero-order valence-corrected chi connectivity index (χ0v) is 10.9. The van der Waals surface area contributed by atoms with Crippen molar-refractivity contribution in [1.82, 2.24) is 0 Å². The van der Waals surface area contributed by atoms with Crippen LogP contribution in [0.5, 0.6) is 5.75 Å². The lowest BCUT2D eigenvalue weighted by Gasteiger charge is -2.12. The molecule has 0 heterocycles. The average Bonchev–Trinajstić information content (AvgIpc) is 2.08. The number of hydrogen-bond acceptors (Lipinski definition) is 2. The predicted molar refractivity (Wildman–Crippen MR) is 69.4 cm³/mol. The maximum absolute atomic E-state index is 9.30. The summed E-state index contributed by atoms with van der Waals surface area (Å²) in [6, 6.07) is 5.25. The summed E-state index contributed by atoms with van der Waals surface area (Å²) in [6.07, 6.45) is 0.761. The number of hydrogen-bond donors (Lipinski definition) is 2. The van der Waals surface area contributed by atoms with E-state index >= 15 is 0 Å². The van der Waals surface area contributed by atoms with Gasteiger partial charge in [0.1, 0.15) is 5.75 Å². The first-order chi connectivity index (χ1) is 6.50. The van der Waals surface area contributed by atoms with Crippen LogP contribution in [0.1, 0.15) is 24.9 Å². The quantitative estimate of drug-likeness (QED) is 0.837. The molecule has 0 aromatic heterocycles. The summed E-state index contributed by atoms with van der Waals surface area (Å²) in [4.78, 5) is 0. The van der Waals surface area contributed by atoms with Gasteiger partial charge in [-0.25, -0.2) is 0 Å². The van der Waals surface area contributed by atoms with E-state index in [1.54, 1.807) is 6.07 Å². The number of aromatic hydroxyl groups is 1. The van der Waals surface area contributed by atoms with E-state index in [9.17, 15) is 5.11 Å². The zero-order chi connectivity index (χ0) is 10.7. The Morgan fingerprint density at radius 1 is 1.60 bits per heavy atom. The van der Waals surface area contributed by atoms with Gasteiger partial charge in [0, 0.05) is 6.04 Å². The van der Waals surface area contributed by atoms with Gasteiger partial charge in [0.15, 0.2) is 0 Å². The smallest absolute Gasteiger partial charge is 0.129 e. The Balaban J connectivity index is 0.00000196. The summed E-state index contributed by atoms with van der Waals surface area (Å²) in [7, 11) is 0. The molecule has 0 spiro atoms. The fourth-order valence-corrected chi connectivity index (χ4v) is 1.64. The van der Waals surface area contributed by atoms with Crippen LogP contribution >= 0.6 is 28.3 Å². The third kappa shape index (κ3) is 4.24. The highest BCUT2D eigenvalue weighted by molar-refractivity contribution is 9.10. The Morgan fingerprint density at radius 3 is 2.67 bits per heavy atom. The normalized spacial score (nSPS) is 11.7. The Kier molecular flexibility index (Phi) is 5.95. The van der Waals surface area contributed by atoms with Crippen molar-refractivity contribution in [3.05, 3.63) is 40.4 Å². The first-order valence-corrected chi connectivity index (χ1v) is 5.18. The molecule has 0 unspecified atom stereocenters. The highest BCUT2D eigenvalue weighted by atomic mass is 79.9. The van der Waals surface area contributed by atoms with Crippen LogP contribution in [0.25, 0.3) is 0 Å². The van der Waals surface area contributed by atoms with E-state index in [4.69, 9.17) is 5.73 Å². The first kappa shape index (κ1) is 14.5. The summed E-state index contributed by atoms with van der Waals surface area (Å²) in [5.41, 5.74) is 8.01. The molecule has 0 aliphatic heterocycles. The van der Waals surface area contributed by atoms with Gasteiger partial charge in [-0.3, -0.25) is 0 Å². The van der Waals surface area contributed by atoms with Gasteiger partial charge in [-0.05, 0) is 47.0 Å². The van der Waals surface area contributed by atoms with Gasteiger partial charge in [0.05, 0.1) is 4.47 Å². The lowest BCUT2D eigenvalue weighted by molar-refractivity contribution is 0.471. The molecule has 0 saturated carbocycles. The summed E-state index contributed by atoms with van der Waals surface area (Å²) in [5.74, 6) is 0.233. The summed E-state index contributed by atoms with van der Waals surface area (Å²) >= 11 is 3.25. The van der Waals surface area contributed by atoms with Crippen LogP contribution in [-0.4, -0.2) is 5.11 Å². The Morgan fingerprint density at radius 2 is 2.20 bits per heavy atom. The number of nitrogens with two attached hydrogens (primary N) is 1. The molecule has 0 aliphatic rings. The largest absolute Gasteiger partial charge is 0.507 e. The van der Waals surface area contributed by atoms with Crippen molar-refractivity contribution in [1.29, 1.82) is 0 Å². The maximum atomic E-state index is 9.30. The molecule has 4 heteroatoms. The van der Waals surface area contributed by atoms with Crippen LogP contribution in [-0.2, 0) is 0 Å². The van der Waals surface area contributed by atoms with E-state index in [0.717, 1.165) is 17.6 Å². The van der Waals surface area contributed by atoms with Crippen molar-refractivity contribution < 1.29 is 5.11 Å². The van der Waals surface area contributed by atoms with Crippen LogP contribution in [0.2, 0.25) is 0 Å². The molecule has 2 nitrogen and oxygen atoms in total. The van der Waals surface area contributed by atoms with E-state index in [1.807, 2.05) is 19.1 Å². The number of benzene rings is 1. The van der Waals surface area contributed by atoms with Gasteiger partial charge in [0.2, 0.25) is 0 Å². The summed E-state index contributed by atoms with van der Waals surface area (Å²) in [6.45, 7) is 5.77. The predicted octanol–water partition coefficient (Wildman–Crippen LogP) is 3.54. The van der Waals surface area contributed by atoms with Crippen molar-refractivity contribution in [2.75, 3.05) is 0 Å². The van der Waals surface area contributed by atoms with Gasteiger partial charge >= 0.3 is 0 Å². The minimum absolute atomic E-state index is 0. The fraction of sp³-hybridized carbons (Fsp3) is 0.273. The minimum atomic E-state index is -0.0515. The number of halogens is 2. The molecule has 1 aromatic carbocycles. The molecule has 15 heavy (non-hydrogen) atoms. The van der Waals surface area contributed by atoms with Crippen molar-refractivity contribution in [3.63, 3.8) is 0 Å². The van der Waals surface area contributed by atoms with Gasteiger partial charge in [0.25, 0.3) is 0 Å². The summed E-state index contributed by atoms with van der Waals surface area (Å²) in [5, 5.41) is 9.30. The fourth-order valence-electron chi connectivity index (χ4n) is 1.25. The van der Waals surface area contributed by atoms with Crippen LogP contribution in [0.4, 0.5) is 0 Å². The van der Waals surface area contributed by atoms with Crippen LogP contribution < -0.4 is 5.73 Å². The van der Waals surface area contributed by atoms with Crippen LogP contribution in [0, 0.1) is 0 Å². The van der Waals surface area contributed by atoms with Gasteiger partial charge in [-0.15, -0.1) is 19.0 Å². The van der Waals surface area contributed by atoms with E-state index < -0.39 is 0 Å². The Labute approximate surface area is 105 Å². The average molecular weight is 293 g/mol. The number of rotatable bonds is 3. The molecule has 0 amide bonds. The Bertz CT molecular complexity index is 354. The molecule has 0 radical (unpaired) electrons. The van der Waals surface area contributed by atoms with Crippen molar-refractivity contribution >= 4 is 28.3 Å². The SMILES string of the molecule is C=C(C)C[C@H](N)c1ccc(O)c(Br)c1.Cl. The molecule has 0 bridgehead atoms. The van der Waals surface area contributed by atoms with E-state index in [0.29, 0.717) is 4.47 Å². The third-order valence-electron chi connectivity index (χ3n) is 1.97. The van der Waals surface area contributed by atoms with Crippen LogP contribution in [0.3, 0.4) is 0 Å². The molecule has 1 aromatic rings. The second-order valence-electron chi connectivity index (χ2n) is 3.48. The molecule has 1 atom stereocenters. The molecule has 3 N–H and O–H groups in total. The first-order valence-electron chi connectivity index (χ1n) is 4.39. The van der Waals surface area contributed by atoms with Crippen molar-refractivity contribution in [3.8, 4) is 5.75 Å². The topological polar surface area (TPSA) is 46.2 Å². The lowest BCUT2D eigenvalue weighted by Crippen LogP contribution is -2.10. The zero-order valence-electron chi connectivity index (χ0n) is 8.53. The lowest BCUT2D eigenvalue weighted by atomic mass is 10.0. The monoisotopic (exact) mass is 291 g/mol. The van der Waals surface area contributed by atoms with E-state index in [-0.39, 0.29) is 24.2 Å². The third-order valence-corrected chi connectivity index (χ3v) is 2.60. The maximum Gasteiger partial charge on any atom is 0.129 e. The molecule has 84 valence electrons. The molecular formula is C11H15BrClNO. The summed E-state index contributed by atoms with van der Waals surface area (Å²) < 4.78 is 0.673. The highest BCUT2D eigenvalue weighted by Gasteiger charge is 2.07. The molecule has 0 saturated heterocycles. The van der Waals surface area contributed by atoms with E-state index in [2.05, 4.69) is 22.5 Å². The number of phenolic OH excluding ortho intramolecular Hbond substituents is 1. The standard InChI is InChI=1S/C11H14BrNO.ClH/c1-7(2)5-10(13)8-3-4-11(14)9(12)6-8;/h3-4,6,10,14H,1,5,13H2,2H3;1H/t10-;/m0./s1.